The fourth-order valence-electron chi connectivity index (χ4n) is 6.12. The van der Waals surface area contributed by atoms with Gasteiger partial charge in [-0.3, -0.25) is 14.4 Å². The Labute approximate surface area is 239 Å². The lowest BCUT2D eigenvalue weighted by molar-refractivity contribution is -0.144. The fourth-order valence-corrected chi connectivity index (χ4v) is 6.12. The number of amides is 3. The second-order valence-electron chi connectivity index (χ2n) is 10.8. The molecule has 0 aliphatic heterocycles. The molecule has 0 radical (unpaired) electrons. The first-order valence-corrected chi connectivity index (χ1v) is 13.0. The Morgan fingerprint density at radius 2 is 1.74 bits per heavy atom. The van der Waals surface area contributed by atoms with E-state index in [0.717, 1.165) is 0 Å². The standard InChI is InChI=1S/C29H30N4O9/c1-33(2)18-11-17(32-28(40)31-14-4-6-15(42-3)7-5-14)23(35)21-16(18)9-12-8-13-10-19(34)22(27(30)39)26(38)29(13,41)25(37)20(12)24(21)36/h4-7,11-13,34-35,37,41H,8-10H2,1-3H3,(H2,30,39)(H2,31,32,40)/t12-,13+,29+/m1/s1. The number of urea groups is 1. The van der Waals surface area contributed by atoms with E-state index in [2.05, 4.69) is 10.6 Å². The van der Waals surface area contributed by atoms with E-state index in [9.17, 15) is 39.6 Å². The van der Waals surface area contributed by atoms with Crippen LogP contribution in [-0.2, 0) is 16.0 Å². The van der Waals surface area contributed by atoms with Gasteiger partial charge < -0.3 is 46.4 Å². The third-order valence-corrected chi connectivity index (χ3v) is 8.12. The smallest absolute Gasteiger partial charge is 0.323 e. The molecule has 42 heavy (non-hydrogen) atoms. The van der Waals surface area contributed by atoms with Crippen molar-refractivity contribution in [3.63, 3.8) is 0 Å². The van der Waals surface area contributed by atoms with E-state index in [1.54, 1.807) is 43.3 Å². The molecule has 3 amide bonds. The van der Waals surface area contributed by atoms with E-state index in [0.29, 0.717) is 22.7 Å². The van der Waals surface area contributed by atoms with Crippen LogP contribution in [0.25, 0.3) is 0 Å². The van der Waals surface area contributed by atoms with Crippen molar-refractivity contribution in [2.45, 2.75) is 24.9 Å². The number of anilines is 3. The number of ketones is 2. The Bertz CT molecular complexity index is 1610. The molecule has 0 aromatic heterocycles. The van der Waals surface area contributed by atoms with Gasteiger partial charge in [0.15, 0.2) is 17.1 Å². The van der Waals surface area contributed by atoms with E-state index < -0.39 is 63.8 Å². The maximum absolute atomic E-state index is 13.9. The summed E-state index contributed by atoms with van der Waals surface area (Å²) in [6.07, 6.45) is -0.165. The van der Waals surface area contributed by atoms with Gasteiger partial charge in [-0.25, -0.2) is 4.79 Å². The van der Waals surface area contributed by atoms with E-state index in [-0.39, 0.29) is 36.1 Å². The maximum atomic E-state index is 13.9. The number of primary amides is 1. The number of aromatic hydroxyl groups is 1. The third-order valence-electron chi connectivity index (χ3n) is 8.12. The number of Topliss-reactive ketones (excluding diaryl/α,β-unsaturated/α-hetero) is 2. The quantitative estimate of drug-likeness (QED) is 0.203. The molecule has 3 aliphatic carbocycles. The summed E-state index contributed by atoms with van der Waals surface area (Å²) in [6.45, 7) is 0. The molecule has 8 N–H and O–H groups in total. The summed E-state index contributed by atoms with van der Waals surface area (Å²) in [5.41, 5.74) is 2.53. The Kier molecular flexibility index (Phi) is 6.85. The summed E-state index contributed by atoms with van der Waals surface area (Å²) in [6, 6.07) is 7.32. The number of phenols is 1. The summed E-state index contributed by atoms with van der Waals surface area (Å²) in [5, 5.41) is 49.4. The van der Waals surface area contributed by atoms with E-state index >= 15 is 0 Å². The molecule has 0 spiro atoms. The zero-order valence-electron chi connectivity index (χ0n) is 23.0. The zero-order valence-corrected chi connectivity index (χ0v) is 23.0. The van der Waals surface area contributed by atoms with Crippen molar-refractivity contribution in [2.24, 2.45) is 17.6 Å². The van der Waals surface area contributed by atoms with Crippen molar-refractivity contribution in [1.29, 1.82) is 0 Å². The van der Waals surface area contributed by atoms with E-state index in [4.69, 9.17) is 10.5 Å². The van der Waals surface area contributed by atoms with Crippen LogP contribution in [0.3, 0.4) is 0 Å². The van der Waals surface area contributed by atoms with Gasteiger partial charge in [-0.1, -0.05) is 0 Å². The number of rotatable bonds is 5. The summed E-state index contributed by atoms with van der Waals surface area (Å²) < 4.78 is 5.10. The molecule has 13 nitrogen and oxygen atoms in total. The number of hydrogen-bond acceptors (Lipinski definition) is 10. The predicted molar refractivity (Wildman–Crippen MR) is 151 cm³/mol. The summed E-state index contributed by atoms with van der Waals surface area (Å²) >= 11 is 0. The van der Waals surface area contributed by atoms with Gasteiger partial charge in [0.1, 0.15) is 22.8 Å². The lowest BCUT2D eigenvalue weighted by atomic mass is 9.60. The van der Waals surface area contributed by atoms with Gasteiger partial charge in [-0.15, -0.1) is 0 Å². The van der Waals surface area contributed by atoms with Crippen LogP contribution in [0.15, 0.2) is 53.0 Å². The molecule has 0 bridgehead atoms. The minimum Gasteiger partial charge on any atom is -0.511 e. The van der Waals surface area contributed by atoms with Gasteiger partial charge in [0.05, 0.1) is 18.4 Å². The van der Waals surface area contributed by atoms with Crippen LogP contribution in [0, 0.1) is 11.8 Å². The van der Waals surface area contributed by atoms with Crippen molar-refractivity contribution in [1.82, 2.24) is 0 Å². The Hall–Kier alpha value is -5.04. The number of methoxy groups -OCH3 is 1. The molecule has 0 saturated heterocycles. The molecule has 5 rings (SSSR count). The predicted octanol–water partition coefficient (Wildman–Crippen LogP) is 2.30. The maximum Gasteiger partial charge on any atom is 0.323 e. The molecular weight excluding hydrogens is 548 g/mol. The number of aliphatic hydroxyl groups excluding tert-OH is 2. The number of nitrogens with two attached hydrogens (primary N) is 1. The molecule has 0 heterocycles. The summed E-state index contributed by atoms with van der Waals surface area (Å²) in [4.78, 5) is 53.4. The van der Waals surface area contributed by atoms with Gasteiger partial charge in [0.2, 0.25) is 5.78 Å². The highest BCUT2D eigenvalue weighted by Crippen LogP contribution is 2.53. The number of hydrogen-bond donors (Lipinski definition) is 7. The van der Waals surface area contributed by atoms with Crippen LogP contribution in [0.5, 0.6) is 11.5 Å². The molecule has 3 atom stereocenters. The first-order valence-electron chi connectivity index (χ1n) is 13.0. The van der Waals surface area contributed by atoms with E-state index in [1.165, 1.54) is 13.2 Å². The molecular formula is C29H30N4O9. The van der Waals surface area contributed by atoms with Gasteiger partial charge in [0, 0.05) is 43.4 Å². The van der Waals surface area contributed by atoms with E-state index in [1.807, 2.05) is 0 Å². The van der Waals surface area contributed by atoms with Gasteiger partial charge in [-0.2, -0.15) is 0 Å². The Morgan fingerprint density at radius 1 is 1.07 bits per heavy atom. The highest BCUT2D eigenvalue weighted by molar-refractivity contribution is 6.24. The van der Waals surface area contributed by atoms with Crippen LogP contribution in [0.1, 0.15) is 28.8 Å². The molecule has 0 saturated carbocycles. The summed E-state index contributed by atoms with van der Waals surface area (Å²) in [7, 11) is 4.94. The average molecular weight is 579 g/mol. The number of fused-ring (bicyclic) bond motifs is 3. The first-order chi connectivity index (χ1) is 19.8. The SMILES string of the molecule is COc1ccc(NC(=O)Nc2cc(N(C)C)c3c(c2O)C(=O)C2=C(O)[C@]4(O)C(=O)C(C(N)=O)=C(O)C[C@@H]4C[C@@H]2C3)cc1. The largest absolute Gasteiger partial charge is 0.511 e. The third kappa shape index (κ3) is 4.29. The van der Waals surface area contributed by atoms with Crippen molar-refractivity contribution in [3.8, 4) is 11.5 Å². The molecule has 3 aliphatic rings. The van der Waals surface area contributed by atoms with Crippen LogP contribution in [0.4, 0.5) is 21.9 Å². The normalized spacial score (nSPS) is 23.0. The molecule has 13 heteroatoms. The number of aliphatic hydroxyl groups is 3. The minimum absolute atomic E-state index is 0.0147. The Balaban J connectivity index is 1.56. The zero-order chi connectivity index (χ0) is 30.7. The average Bonchev–Trinajstić information content (AvgIpc) is 2.92. The second kappa shape index (κ2) is 10.1. The number of nitrogens with zero attached hydrogens (tertiary/aromatic N) is 1. The number of benzene rings is 2. The van der Waals surface area contributed by atoms with Gasteiger partial charge >= 0.3 is 6.03 Å². The number of ether oxygens (including phenoxy) is 1. The number of nitrogens with one attached hydrogen (secondary N) is 2. The molecule has 0 unspecified atom stereocenters. The first kappa shape index (κ1) is 28.5. The monoisotopic (exact) mass is 578 g/mol. The number of allylic oxidation sites excluding steroid dienone is 2. The van der Waals surface area contributed by atoms with Crippen molar-refractivity contribution in [3.05, 3.63) is 64.1 Å². The number of carbonyl (C=O) groups excluding carboxylic acids is 4. The lowest BCUT2D eigenvalue weighted by Crippen LogP contribution is -2.57. The van der Waals surface area contributed by atoms with Crippen LogP contribution in [-0.4, -0.2) is 70.7 Å². The topological polar surface area (TPSA) is 212 Å². The van der Waals surface area contributed by atoms with Gasteiger partial charge in [0.25, 0.3) is 5.91 Å². The van der Waals surface area contributed by atoms with Crippen LogP contribution < -0.4 is 26.0 Å². The molecule has 2 aromatic carbocycles. The lowest BCUT2D eigenvalue weighted by Gasteiger charge is -2.45. The highest BCUT2D eigenvalue weighted by Gasteiger charge is 2.59. The minimum atomic E-state index is -2.66. The molecule has 0 fully saturated rings. The second-order valence-corrected chi connectivity index (χ2v) is 10.8. The van der Waals surface area contributed by atoms with Crippen molar-refractivity contribution >= 4 is 40.6 Å². The van der Waals surface area contributed by atoms with Crippen LogP contribution in [0.2, 0.25) is 0 Å². The molecule has 2 aromatic rings. The van der Waals surface area contributed by atoms with Crippen molar-refractivity contribution in [2.75, 3.05) is 36.7 Å². The Morgan fingerprint density at radius 3 is 2.33 bits per heavy atom. The van der Waals surface area contributed by atoms with Crippen LogP contribution >= 0.6 is 0 Å². The summed E-state index contributed by atoms with van der Waals surface area (Å²) in [5.74, 6) is -6.65. The fraction of sp³-hybridized carbons (Fsp3) is 0.310. The van der Waals surface area contributed by atoms with Gasteiger partial charge in [-0.05, 0) is 54.7 Å². The number of phenolic OH excluding ortho intramolecular Hbond substituents is 1. The number of carbonyl (C=O) groups is 4. The van der Waals surface area contributed by atoms with Crippen molar-refractivity contribution < 1.29 is 44.3 Å². The molecule has 220 valence electrons. The highest BCUT2D eigenvalue weighted by atomic mass is 16.5.